The maximum atomic E-state index is 13.8. The minimum Gasteiger partial charge on any atom is -0.396 e. The second-order valence-electron chi connectivity index (χ2n) is 4.34. The molecule has 0 amide bonds. The van der Waals surface area contributed by atoms with Crippen LogP contribution in [0, 0.1) is 11.6 Å². The molecule has 94 valence electrons. The van der Waals surface area contributed by atoms with Crippen LogP contribution in [-0.2, 0) is 0 Å². The average Bonchev–Trinajstić information content (AvgIpc) is 2.43. The quantitative estimate of drug-likeness (QED) is 0.642. The zero-order chi connectivity index (χ0) is 13.4. The number of nitrogens with two attached hydrogens (primary N) is 1. The highest BCUT2D eigenvalue weighted by molar-refractivity contribution is 5.99. The first-order chi connectivity index (χ1) is 9.18. The number of hydrogen-bond donors (Lipinski definition) is 1. The number of anilines is 1. The molecule has 0 saturated heterocycles. The summed E-state index contributed by atoms with van der Waals surface area (Å²) in [5, 5.41) is 1.23. The van der Waals surface area contributed by atoms with Gasteiger partial charge in [0.15, 0.2) is 0 Å². The standard InChI is InChI=1S/C16H11F2N/c17-14-9-8-11(10-4-1-2-5-12(10)14)13-6-3-7-15(18)16(13)19/h1-9H,19H2. The third kappa shape index (κ3) is 1.83. The summed E-state index contributed by atoms with van der Waals surface area (Å²) < 4.78 is 27.3. The SMILES string of the molecule is Nc1c(F)cccc1-c1ccc(F)c2ccccc12. The molecule has 2 N–H and O–H groups in total. The molecule has 0 aliphatic heterocycles. The van der Waals surface area contributed by atoms with Gasteiger partial charge in [0.25, 0.3) is 0 Å². The van der Waals surface area contributed by atoms with Gasteiger partial charge in [-0.2, -0.15) is 0 Å². The van der Waals surface area contributed by atoms with Crippen LogP contribution in [0.4, 0.5) is 14.5 Å². The van der Waals surface area contributed by atoms with Gasteiger partial charge in [0.2, 0.25) is 0 Å². The fourth-order valence-electron chi connectivity index (χ4n) is 2.27. The lowest BCUT2D eigenvalue weighted by molar-refractivity contribution is 0.633. The molecule has 0 fully saturated rings. The van der Waals surface area contributed by atoms with Gasteiger partial charge in [-0.05, 0) is 23.1 Å². The van der Waals surface area contributed by atoms with Crippen LogP contribution in [0.3, 0.4) is 0 Å². The van der Waals surface area contributed by atoms with E-state index < -0.39 is 5.82 Å². The molecule has 0 spiro atoms. The molecule has 0 bridgehead atoms. The number of benzene rings is 3. The van der Waals surface area contributed by atoms with Crippen LogP contribution in [0.2, 0.25) is 0 Å². The number of halogens is 2. The number of hydrogen-bond acceptors (Lipinski definition) is 1. The van der Waals surface area contributed by atoms with Crippen LogP contribution >= 0.6 is 0 Å². The Morgan fingerprint density at radius 1 is 0.632 bits per heavy atom. The summed E-state index contributed by atoms with van der Waals surface area (Å²) in [7, 11) is 0. The van der Waals surface area contributed by atoms with Crippen LogP contribution in [0.25, 0.3) is 21.9 Å². The van der Waals surface area contributed by atoms with Gasteiger partial charge in [-0.1, -0.05) is 42.5 Å². The van der Waals surface area contributed by atoms with Crippen LogP contribution in [0.15, 0.2) is 54.6 Å². The maximum Gasteiger partial charge on any atom is 0.146 e. The van der Waals surface area contributed by atoms with Gasteiger partial charge in [0, 0.05) is 10.9 Å². The average molecular weight is 255 g/mol. The van der Waals surface area contributed by atoms with E-state index in [9.17, 15) is 8.78 Å². The normalized spacial score (nSPS) is 10.8. The van der Waals surface area contributed by atoms with Crippen molar-refractivity contribution in [1.82, 2.24) is 0 Å². The van der Waals surface area contributed by atoms with Gasteiger partial charge < -0.3 is 5.73 Å². The molecule has 1 nitrogen and oxygen atoms in total. The van der Waals surface area contributed by atoms with Crippen LogP contribution in [-0.4, -0.2) is 0 Å². The van der Waals surface area contributed by atoms with Crippen molar-refractivity contribution in [3.8, 4) is 11.1 Å². The Bertz CT molecular complexity index is 766. The lowest BCUT2D eigenvalue weighted by Gasteiger charge is -2.10. The van der Waals surface area contributed by atoms with Crippen LogP contribution < -0.4 is 5.73 Å². The summed E-state index contributed by atoms with van der Waals surface area (Å²) in [4.78, 5) is 0. The van der Waals surface area contributed by atoms with Gasteiger partial charge in [0.05, 0.1) is 5.69 Å². The highest BCUT2D eigenvalue weighted by Crippen LogP contribution is 2.34. The van der Waals surface area contributed by atoms with Gasteiger partial charge in [0.1, 0.15) is 11.6 Å². The summed E-state index contributed by atoms with van der Waals surface area (Å²) in [5.74, 6) is -0.764. The highest BCUT2D eigenvalue weighted by Gasteiger charge is 2.11. The largest absolute Gasteiger partial charge is 0.396 e. The predicted molar refractivity (Wildman–Crippen MR) is 73.7 cm³/mol. The minimum absolute atomic E-state index is 0.0826. The third-order valence-corrected chi connectivity index (χ3v) is 3.21. The zero-order valence-corrected chi connectivity index (χ0v) is 10.0. The van der Waals surface area contributed by atoms with Gasteiger partial charge in [-0.15, -0.1) is 0 Å². The van der Waals surface area contributed by atoms with Crippen molar-refractivity contribution in [3.63, 3.8) is 0 Å². The Labute approximate surface area is 109 Å². The number of rotatable bonds is 1. The van der Waals surface area contributed by atoms with Gasteiger partial charge >= 0.3 is 0 Å². The predicted octanol–water partition coefficient (Wildman–Crippen LogP) is 4.37. The maximum absolute atomic E-state index is 13.8. The van der Waals surface area contributed by atoms with E-state index in [0.29, 0.717) is 10.9 Å². The van der Waals surface area contributed by atoms with E-state index in [1.807, 2.05) is 6.07 Å². The van der Waals surface area contributed by atoms with E-state index in [1.54, 1.807) is 36.4 Å². The lowest BCUT2D eigenvalue weighted by Crippen LogP contribution is -1.95. The number of para-hydroxylation sites is 1. The molecular weight excluding hydrogens is 244 g/mol. The summed E-state index contributed by atoms with van der Waals surface area (Å²) in [6.45, 7) is 0. The number of nitrogen functional groups attached to an aromatic ring is 1. The van der Waals surface area contributed by atoms with Gasteiger partial charge in [-0.25, -0.2) is 8.78 Å². The molecule has 3 rings (SSSR count). The van der Waals surface area contributed by atoms with Crippen molar-refractivity contribution in [2.75, 3.05) is 5.73 Å². The van der Waals surface area contributed by atoms with Crippen molar-refractivity contribution in [2.45, 2.75) is 0 Å². The van der Waals surface area contributed by atoms with Crippen molar-refractivity contribution in [2.24, 2.45) is 0 Å². The first-order valence-corrected chi connectivity index (χ1v) is 5.90. The van der Waals surface area contributed by atoms with E-state index in [2.05, 4.69) is 0 Å². The fourth-order valence-corrected chi connectivity index (χ4v) is 2.27. The van der Waals surface area contributed by atoms with Crippen molar-refractivity contribution >= 4 is 16.5 Å². The lowest BCUT2D eigenvalue weighted by atomic mass is 9.97. The highest BCUT2D eigenvalue weighted by atomic mass is 19.1. The number of fused-ring (bicyclic) bond motifs is 1. The fraction of sp³-hybridized carbons (Fsp3) is 0. The van der Waals surface area contributed by atoms with Crippen LogP contribution in [0.1, 0.15) is 0 Å². The van der Waals surface area contributed by atoms with E-state index >= 15 is 0 Å². The molecule has 0 unspecified atom stereocenters. The van der Waals surface area contributed by atoms with Crippen molar-refractivity contribution < 1.29 is 8.78 Å². The Morgan fingerprint density at radius 2 is 1.37 bits per heavy atom. The molecule has 0 radical (unpaired) electrons. The molecule has 3 aromatic rings. The summed E-state index contributed by atoms with van der Waals surface area (Å²) in [6, 6.07) is 14.7. The van der Waals surface area contributed by atoms with Crippen molar-refractivity contribution in [1.29, 1.82) is 0 Å². The van der Waals surface area contributed by atoms with Crippen molar-refractivity contribution in [3.05, 3.63) is 66.2 Å². The molecule has 0 heterocycles. The van der Waals surface area contributed by atoms with Gasteiger partial charge in [-0.3, -0.25) is 0 Å². The Hall–Kier alpha value is -2.42. The topological polar surface area (TPSA) is 26.0 Å². The molecule has 3 heteroatoms. The smallest absolute Gasteiger partial charge is 0.146 e. The second kappa shape index (κ2) is 4.35. The molecule has 3 aromatic carbocycles. The first kappa shape index (κ1) is 11.7. The van der Waals surface area contributed by atoms with E-state index in [4.69, 9.17) is 5.73 Å². The Balaban J connectivity index is 2.38. The molecule has 0 atom stereocenters. The minimum atomic E-state index is -0.467. The molecule has 0 aliphatic carbocycles. The monoisotopic (exact) mass is 255 g/mol. The van der Waals surface area contributed by atoms with E-state index in [1.165, 1.54) is 12.1 Å². The first-order valence-electron chi connectivity index (χ1n) is 5.90. The molecular formula is C16H11F2N. The zero-order valence-electron chi connectivity index (χ0n) is 10.0. The van der Waals surface area contributed by atoms with E-state index in [-0.39, 0.29) is 11.5 Å². The molecule has 0 aliphatic rings. The summed E-state index contributed by atoms with van der Waals surface area (Å²) >= 11 is 0. The summed E-state index contributed by atoms with van der Waals surface area (Å²) in [5.41, 5.74) is 7.17. The Kier molecular flexibility index (Phi) is 2.67. The second-order valence-corrected chi connectivity index (χ2v) is 4.34. The van der Waals surface area contributed by atoms with E-state index in [0.717, 1.165) is 10.9 Å². The van der Waals surface area contributed by atoms with Crippen LogP contribution in [0.5, 0.6) is 0 Å². The molecule has 19 heavy (non-hydrogen) atoms. The molecule has 0 aromatic heterocycles. The summed E-state index contributed by atoms with van der Waals surface area (Å²) in [6.07, 6.45) is 0. The Morgan fingerprint density at radius 3 is 2.16 bits per heavy atom. The third-order valence-electron chi connectivity index (χ3n) is 3.21. The molecule has 0 saturated carbocycles.